The van der Waals surface area contributed by atoms with Crippen molar-refractivity contribution in [3.8, 4) is 5.75 Å². The Morgan fingerprint density at radius 1 is 1.05 bits per heavy atom. The number of aromatic hydroxyl groups is 1. The highest BCUT2D eigenvalue weighted by Crippen LogP contribution is 2.64. The summed E-state index contributed by atoms with van der Waals surface area (Å²) in [5, 5.41) is 20.9. The summed E-state index contributed by atoms with van der Waals surface area (Å²) >= 11 is 0. The van der Waals surface area contributed by atoms with Crippen LogP contribution in [0.2, 0.25) is 0 Å². The molecule has 2 saturated carbocycles. The van der Waals surface area contributed by atoms with E-state index in [1.807, 2.05) is 18.0 Å². The number of unbranched alkanes of at least 4 members (excludes halogenated alkanes) is 2. The maximum atomic E-state index is 13.0. The molecule has 3 aliphatic carbocycles. The van der Waals surface area contributed by atoms with Gasteiger partial charge in [0, 0.05) is 6.42 Å². The van der Waals surface area contributed by atoms with E-state index in [2.05, 4.69) is 19.6 Å². The molecule has 2 fully saturated rings. The van der Waals surface area contributed by atoms with Gasteiger partial charge in [-0.2, -0.15) is 22.0 Å². The molecule has 11 heteroatoms. The molecule has 0 amide bonds. The van der Waals surface area contributed by atoms with Gasteiger partial charge in [0.05, 0.1) is 17.6 Å². The highest BCUT2D eigenvalue weighted by Gasteiger charge is 2.57. The van der Waals surface area contributed by atoms with Crippen molar-refractivity contribution in [2.75, 3.05) is 31.6 Å². The number of phenolic OH excluding ortho intramolecular Hbond substituents is 1. The van der Waals surface area contributed by atoms with Gasteiger partial charge in [0.25, 0.3) is 0 Å². The zero-order valence-corrected chi connectivity index (χ0v) is 26.7. The number of fused-ring (bicyclic) bond motifs is 5. The smallest absolute Gasteiger partial charge is 0.453 e. The second-order valence-corrected chi connectivity index (χ2v) is 16.1. The second kappa shape index (κ2) is 13.6. The van der Waals surface area contributed by atoms with Crippen molar-refractivity contribution in [2.45, 2.75) is 102 Å². The number of benzene rings is 1. The number of halogens is 5. The predicted octanol–water partition coefficient (Wildman–Crippen LogP) is 7.28. The minimum Gasteiger partial charge on any atom is -0.508 e. The monoisotopic (exact) mass is 649 g/mol. The van der Waals surface area contributed by atoms with E-state index in [1.54, 1.807) is 6.07 Å². The molecule has 1 aromatic carbocycles. The molecule has 4 rings (SSSR count). The Morgan fingerprint density at radius 3 is 2.43 bits per heavy atom. The van der Waals surface area contributed by atoms with Crippen LogP contribution in [-0.4, -0.2) is 73.4 Å². The first kappa shape index (κ1) is 35.1. The summed E-state index contributed by atoms with van der Waals surface area (Å²) in [5.74, 6) is -3.77. The quantitative estimate of drug-likeness (QED) is 0.126. The molecule has 0 unspecified atom stereocenters. The van der Waals surface area contributed by atoms with Crippen LogP contribution in [0.1, 0.15) is 88.2 Å². The second-order valence-electron chi connectivity index (χ2n) is 13.8. The third kappa shape index (κ3) is 7.80. The van der Waals surface area contributed by atoms with E-state index in [0.29, 0.717) is 42.4 Å². The van der Waals surface area contributed by atoms with Crippen LogP contribution in [0.4, 0.5) is 22.0 Å². The molecule has 5 nitrogen and oxygen atoms in total. The Morgan fingerprint density at radius 2 is 1.73 bits per heavy atom. The first-order chi connectivity index (χ1) is 20.4. The van der Waals surface area contributed by atoms with Gasteiger partial charge < -0.3 is 15.1 Å². The largest absolute Gasteiger partial charge is 0.508 e. The number of sulfone groups is 1. The lowest BCUT2D eigenvalue weighted by Crippen LogP contribution is -2.44. The Bertz CT molecular complexity index is 1270. The molecule has 0 aromatic heterocycles. The highest BCUT2D eigenvalue weighted by molar-refractivity contribution is 7.91. The molecule has 0 bridgehead atoms. The fourth-order valence-electron chi connectivity index (χ4n) is 8.37. The summed E-state index contributed by atoms with van der Waals surface area (Å²) in [7, 11) is -1.81. The van der Waals surface area contributed by atoms with Gasteiger partial charge in [0.1, 0.15) is 15.6 Å². The Kier molecular flexibility index (Phi) is 10.8. The molecule has 44 heavy (non-hydrogen) atoms. The maximum absolute atomic E-state index is 13.0. The van der Waals surface area contributed by atoms with Crippen LogP contribution < -0.4 is 0 Å². The minimum absolute atomic E-state index is 0.0441. The van der Waals surface area contributed by atoms with Gasteiger partial charge in [0.2, 0.25) is 0 Å². The first-order valence-corrected chi connectivity index (χ1v) is 17.8. The van der Waals surface area contributed by atoms with Crippen molar-refractivity contribution in [1.29, 1.82) is 0 Å². The lowest BCUT2D eigenvalue weighted by Gasteiger charge is -2.52. The van der Waals surface area contributed by atoms with Crippen LogP contribution in [0, 0.1) is 23.2 Å². The molecule has 0 radical (unpaired) electrons. The standard InChI is InChI=1S/C33H48F5NO4S/c1-22-29(41)21-28-30-23(19-24-20-25(40)10-11-26(24)27(30)12-14-31(22,28)2)9-5-4-6-15-39(3)16-8-18-44(42,43)17-7-13-32(34,35)33(36,37)38/h10-11,20,23,27-30,40-41H,1,4-9,12-19,21H2,2-3H3/t23-,27-,28+,29-,30-,31-/m1/s1. The SMILES string of the molecule is C=C1[C@H](O)C[C@H]2[C@@H]3[C@H](CCCCCN(C)CCCS(=O)(=O)CCCC(F)(F)C(F)(F)F)Cc4cc(O)ccc4[C@H]3CC[C@]12C. The number of rotatable bonds is 14. The van der Waals surface area contributed by atoms with Crippen molar-refractivity contribution in [1.82, 2.24) is 4.90 Å². The maximum Gasteiger partial charge on any atom is 0.453 e. The van der Waals surface area contributed by atoms with Crippen molar-refractivity contribution in [3.63, 3.8) is 0 Å². The van der Waals surface area contributed by atoms with Crippen LogP contribution >= 0.6 is 0 Å². The van der Waals surface area contributed by atoms with E-state index in [4.69, 9.17) is 0 Å². The topological polar surface area (TPSA) is 77.8 Å². The third-order valence-electron chi connectivity index (χ3n) is 10.9. The van der Waals surface area contributed by atoms with Crippen molar-refractivity contribution in [3.05, 3.63) is 41.5 Å². The number of phenols is 1. The number of aliphatic hydroxyl groups excluding tert-OH is 1. The number of hydrogen-bond donors (Lipinski definition) is 2. The van der Waals surface area contributed by atoms with Crippen LogP contribution in [0.25, 0.3) is 0 Å². The van der Waals surface area contributed by atoms with Gasteiger partial charge in [-0.15, -0.1) is 0 Å². The zero-order valence-electron chi connectivity index (χ0n) is 25.9. The molecule has 250 valence electrons. The summed E-state index contributed by atoms with van der Waals surface area (Å²) in [5.41, 5.74) is 3.52. The molecule has 0 spiro atoms. The van der Waals surface area contributed by atoms with Crippen LogP contribution in [0.3, 0.4) is 0 Å². The molecule has 0 aliphatic heterocycles. The lowest BCUT2D eigenvalue weighted by molar-refractivity contribution is -0.284. The van der Waals surface area contributed by atoms with Crippen LogP contribution in [0.15, 0.2) is 30.4 Å². The average molecular weight is 650 g/mol. The molecule has 2 N–H and O–H groups in total. The van der Waals surface area contributed by atoms with Gasteiger partial charge in [-0.3, -0.25) is 0 Å². The Balaban J connectivity index is 1.22. The van der Waals surface area contributed by atoms with E-state index in [9.17, 15) is 40.6 Å². The summed E-state index contributed by atoms with van der Waals surface area (Å²) in [6.07, 6.45) is -0.275. The van der Waals surface area contributed by atoms with Gasteiger partial charge >= 0.3 is 12.1 Å². The molecule has 1 aromatic rings. The molecule has 6 atom stereocenters. The van der Waals surface area contributed by atoms with Gasteiger partial charge in [-0.25, -0.2) is 8.42 Å². The van der Waals surface area contributed by atoms with E-state index in [1.165, 1.54) is 11.1 Å². The van der Waals surface area contributed by atoms with Crippen molar-refractivity contribution < 1.29 is 40.6 Å². The van der Waals surface area contributed by atoms with Gasteiger partial charge in [-0.1, -0.05) is 32.4 Å². The predicted molar refractivity (Wildman–Crippen MR) is 162 cm³/mol. The van der Waals surface area contributed by atoms with E-state index in [0.717, 1.165) is 63.5 Å². The molecule has 0 heterocycles. The number of nitrogens with zero attached hydrogens (tertiary/aromatic N) is 1. The third-order valence-corrected chi connectivity index (χ3v) is 12.7. The summed E-state index contributed by atoms with van der Waals surface area (Å²) < 4.78 is 87.2. The number of alkyl halides is 5. The Hall–Kier alpha value is -1.72. The fraction of sp³-hybridized carbons (Fsp3) is 0.758. The molecular weight excluding hydrogens is 601 g/mol. The van der Waals surface area contributed by atoms with E-state index < -0.39 is 46.6 Å². The van der Waals surface area contributed by atoms with Crippen molar-refractivity contribution >= 4 is 9.84 Å². The fourth-order valence-corrected chi connectivity index (χ4v) is 9.73. The number of hydrogen-bond acceptors (Lipinski definition) is 5. The summed E-state index contributed by atoms with van der Waals surface area (Å²) in [6, 6.07) is 5.80. The summed E-state index contributed by atoms with van der Waals surface area (Å²) in [6.45, 7) is 7.85. The van der Waals surface area contributed by atoms with Crippen molar-refractivity contribution in [2.24, 2.45) is 23.2 Å². The zero-order chi connectivity index (χ0) is 32.5. The van der Waals surface area contributed by atoms with E-state index >= 15 is 0 Å². The first-order valence-electron chi connectivity index (χ1n) is 16.0. The van der Waals surface area contributed by atoms with Crippen LogP contribution in [0.5, 0.6) is 5.75 Å². The normalized spacial score (nSPS) is 29.0. The summed E-state index contributed by atoms with van der Waals surface area (Å²) in [4.78, 5) is 2.03. The average Bonchev–Trinajstić information content (AvgIpc) is 3.15. The number of aliphatic hydroxyl groups is 1. The van der Waals surface area contributed by atoms with E-state index in [-0.39, 0.29) is 11.2 Å². The molecule has 0 saturated heterocycles. The van der Waals surface area contributed by atoms with Gasteiger partial charge in [-0.05, 0) is 129 Å². The van der Waals surface area contributed by atoms with Crippen LogP contribution in [-0.2, 0) is 16.3 Å². The Labute approximate surface area is 258 Å². The van der Waals surface area contributed by atoms with Gasteiger partial charge in [0.15, 0.2) is 0 Å². The molecular formula is C33H48F5NO4S. The molecule has 3 aliphatic rings. The minimum atomic E-state index is -5.67. The highest BCUT2D eigenvalue weighted by atomic mass is 32.2. The lowest BCUT2D eigenvalue weighted by atomic mass is 9.52.